The molecule has 90 valence electrons. The number of hydrogen-bond donors (Lipinski definition) is 0. The van der Waals surface area contributed by atoms with Crippen molar-refractivity contribution < 1.29 is 0 Å². The zero-order valence-electron chi connectivity index (χ0n) is 10.1. The minimum absolute atomic E-state index is 0.474. The summed E-state index contributed by atoms with van der Waals surface area (Å²) in [5.41, 5.74) is 3.98. The van der Waals surface area contributed by atoms with E-state index in [2.05, 4.69) is 35.7 Å². The number of nitriles is 1. The molecule has 2 nitrogen and oxygen atoms in total. The fraction of sp³-hybridized carbons (Fsp3) is 0.333. The van der Waals surface area contributed by atoms with Crippen molar-refractivity contribution in [3.05, 3.63) is 51.5 Å². The van der Waals surface area contributed by atoms with Crippen LogP contribution >= 0.6 is 11.3 Å². The molecule has 3 rings (SSSR count). The van der Waals surface area contributed by atoms with Gasteiger partial charge in [0.15, 0.2) is 0 Å². The number of thiazole rings is 1. The van der Waals surface area contributed by atoms with Gasteiger partial charge in [0.05, 0.1) is 11.8 Å². The summed E-state index contributed by atoms with van der Waals surface area (Å²) in [5.74, 6) is 0.474. The third-order valence-corrected chi connectivity index (χ3v) is 4.50. The molecule has 1 aromatic carbocycles. The van der Waals surface area contributed by atoms with Crippen LogP contribution in [0.3, 0.4) is 0 Å². The minimum atomic E-state index is 0.474. The Morgan fingerprint density at radius 1 is 1.39 bits per heavy atom. The number of rotatable bonds is 3. The van der Waals surface area contributed by atoms with Crippen LogP contribution in [0.1, 0.15) is 40.6 Å². The SMILES string of the molecule is N#CCCc1csc(C2CCc3ccccc32)n1. The first-order valence-electron chi connectivity index (χ1n) is 6.27. The van der Waals surface area contributed by atoms with E-state index in [-0.39, 0.29) is 0 Å². The van der Waals surface area contributed by atoms with E-state index in [1.54, 1.807) is 11.3 Å². The predicted octanol–water partition coefficient (Wildman–Crippen LogP) is 3.68. The smallest absolute Gasteiger partial charge is 0.100 e. The van der Waals surface area contributed by atoms with Crippen molar-refractivity contribution >= 4 is 11.3 Å². The Bertz CT molecular complexity index is 595. The third-order valence-electron chi connectivity index (χ3n) is 3.49. The lowest BCUT2D eigenvalue weighted by molar-refractivity contribution is 0.773. The molecule has 0 N–H and O–H groups in total. The molecule has 1 heterocycles. The van der Waals surface area contributed by atoms with Crippen LogP contribution in [0.15, 0.2) is 29.6 Å². The Labute approximate surface area is 111 Å². The molecular formula is C15H14N2S. The van der Waals surface area contributed by atoms with Gasteiger partial charge in [-0.25, -0.2) is 4.98 Å². The highest BCUT2D eigenvalue weighted by Gasteiger charge is 2.25. The lowest BCUT2D eigenvalue weighted by Crippen LogP contribution is -1.96. The molecular weight excluding hydrogens is 240 g/mol. The molecule has 0 radical (unpaired) electrons. The summed E-state index contributed by atoms with van der Waals surface area (Å²) in [7, 11) is 0. The van der Waals surface area contributed by atoms with E-state index in [0.717, 1.165) is 18.5 Å². The normalized spacial score (nSPS) is 17.4. The molecule has 0 bridgehead atoms. The monoisotopic (exact) mass is 254 g/mol. The van der Waals surface area contributed by atoms with Crippen molar-refractivity contribution in [1.29, 1.82) is 5.26 Å². The van der Waals surface area contributed by atoms with Gasteiger partial charge in [0, 0.05) is 24.1 Å². The van der Waals surface area contributed by atoms with Crippen LogP contribution in [-0.4, -0.2) is 4.98 Å². The number of hydrogen-bond acceptors (Lipinski definition) is 3. The zero-order valence-corrected chi connectivity index (χ0v) is 10.9. The Hall–Kier alpha value is -1.66. The number of aryl methyl sites for hydroxylation is 2. The van der Waals surface area contributed by atoms with E-state index in [9.17, 15) is 0 Å². The molecule has 0 aliphatic heterocycles. The number of benzene rings is 1. The Morgan fingerprint density at radius 2 is 2.28 bits per heavy atom. The van der Waals surface area contributed by atoms with Gasteiger partial charge in [-0.15, -0.1) is 11.3 Å². The minimum Gasteiger partial charge on any atom is -0.246 e. The fourth-order valence-electron chi connectivity index (χ4n) is 2.60. The fourth-order valence-corrected chi connectivity index (χ4v) is 3.60. The standard InChI is InChI=1S/C15H14N2S/c16-9-3-5-12-10-18-15(17-12)14-8-7-11-4-1-2-6-13(11)14/h1-2,4,6,10,14H,3,5,7-8H2. The first kappa shape index (κ1) is 11.4. The molecule has 0 fully saturated rings. The van der Waals surface area contributed by atoms with E-state index < -0.39 is 0 Å². The second-order valence-electron chi connectivity index (χ2n) is 4.63. The predicted molar refractivity (Wildman–Crippen MR) is 72.7 cm³/mol. The summed E-state index contributed by atoms with van der Waals surface area (Å²) in [6.07, 6.45) is 3.67. The Morgan fingerprint density at radius 3 is 3.17 bits per heavy atom. The Balaban J connectivity index is 1.84. The highest BCUT2D eigenvalue weighted by Crippen LogP contribution is 2.39. The van der Waals surface area contributed by atoms with Crippen LogP contribution in [-0.2, 0) is 12.8 Å². The van der Waals surface area contributed by atoms with E-state index >= 15 is 0 Å². The van der Waals surface area contributed by atoms with Gasteiger partial charge in [-0.05, 0) is 24.0 Å². The molecule has 0 saturated carbocycles. The van der Waals surface area contributed by atoms with Gasteiger partial charge in [-0.3, -0.25) is 0 Å². The van der Waals surface area contributed by atoms with Gasteiger partial charge in [0.2, 0.25) is 0 Å². The van der Waals surface area contributed by atoms with E-state index in [1.165, 1.54) is 22.6 Å². The van der Waals surface area contributed by atoms with Crippen LogP contribution < -0.4 is 0 Å². The summed E-state index contributed by atoms with van der Waals surface area (Å²) in [6.45, 7) is 0. The van der Waals surface area contributed by atoms with Crippen molar-refractivity contribution in [2.45, 2.75) is 31.6 Å². The molecule has 0 amide bonds. The molecule has 1 aliphatic rings. The number of nitrogens with zero attached hydrogens (tertiary/aromatic N) is 2. The van der Waals surface area contributed by atoms with Crippen LogP contribution in [0.25, 0.3) is 0 Å². The highest BCUT2D eigenvalue weighted by atomic mass is 32.1. The average Bonchev–Trinajstić information content (AvgIpc) is 3.02. The molecule has 0 spiro atoms. The van der Waals surface area contributed by atoms with Gasteiger partial charge in [0.1, 0.15) is 5.01 Å². The third kappa shape index (κ3) is 2.04. The summed E-state index contributed by atoms with van der Waals surface area (Å²) in [5, 5.41) is 11.9. The van der Waals surface area contributed by atoms with E-state index in [1.807, 2.05) is 0 Å². The van der Waals surface area contributed by atoms with Gasteiger partial charge in [-0.1, -0.05) is 24.3 Å². The molecule has 1 unspecified atom stereocenters. The van der Waals surface area contributed by atoms with Gasteiger partial charge in [0.25, 0.3) is 0 Å². The molecule has 3 heteroatoms. The van der Waals surface area contributed by atoms with Crippen molar-refractivity contribution in [3.8, 4) is 6.07 Å². The second-order valence-corrected chi connectivity index (χ2v) is 5.51. The number of aromatic nitrogens is 1. The molecule has 1 aliphatic carbocycles. The molecule has 1 atom stereocenters. The Kier molecular flexibility index (Phi) is 3.12. The maximum Gasteiger partial charge on any atom is 0.100 e. The van der Waals surface area contributed by atoms with Gasteiger partial charge >= 0.3 is 0 Å². The van der Waals surface area contributed by atoms with Gasteiger partial charge in [-0.2, -0.15) is 5.26 Å². The summed E-state index contributed by atoms with van der Waals surface area (Å²) < 4.78 is 0. The summed E-state index contributed by atoms with van der Waals surface area (Å²) in [6, 6.07) is 10.8. The second kappa shape index (κ2) is 4.91. The summed E-state index contributed by atoms with van der Waals surface area (Å²) in [4.78, 5) is 4.70. The van der Waals surface area contributed by atoms with Crippen LogP contribution in [0.5, 0.6) is 0 Å². The van der Waals surface area contributed by atoms with Gasteiger partial charge < -0.3 is 0 Å². The molecule has 2 aromatic rings. The molecule has 0 saturated heterocycles. The van der Waals surface area contributed by atoms with Crippen molar-refractivity contribution in [3.63, 3.8) is 0 Å². The maximum absolute atomic E-state index is 8.60. The first-order valence-corrected chi connectivity index (χ1v) is 7.15. The maximum atomic E-state index is 8.60. The van der Waals surface area contributed by atoms with Crippen LogP contribution in [0, 0.1) is 11.3 Å². The summed E-state index contributed by atoms with van der Waals surface area (Å²) >= 11 is 1.74. The largest absolute Gasteiger partial charge is 0.246 e. The van der Waals surface area contributed by atoms with E-state index in [4.69, 9.17) is 10.2 Å². The quantitative estimate of drug-likeness (QED) is 0.837. The number of fused-ring (bicyclic) bond motifs is 1. The zero-order chi connectivity index (χ0) is 12.4. The highest BCUT2D eigenvalue weighted by molar-refractivity contribution is 7.09. The average molecular weight is 254 g/mol. The van der Waals surface area contributed by atoms with Crippen molar-refractivity contribution in [2.75, 3.05) is 0 Å². The van der Waals surface area contributed by atoms with Crippen molar-refractivity contribution in [2.24, 2.45) is 0 Å². The van der Waals surface area contributed by atoms with Crippen LogP contribution in [0.4, 0.5) is 0 Å². The molecule has 18 heavy (non-hydrogen) atoms. The molecule has 1 aromatic heterocycles. The van der Waals surface area contributed by atoms with Crippen molar-refractivity contribution in [1.82, 2.24) is 4.98 Å². The lowest BCUT2D eigenvalue weighted by Gasteiger charge is -2.07. The first-order chi connectivity index (χ1) is 8.88. The van der Waals surface area contributed by atoms with Crippen LogP contribution in [0.2, 0.25) is 0 Å². The van der Waals surface area contributed by atoms with E-state index in [0.29, 0.717) is 12.3 Å². The topological polar surface area (TPSA) is 36.7 Å². The lowest BCUT2D eigenvalue weighted by atomic mass is 10.0.